The first-order valence-corrected chi connectivity index (χ1v) is 5.43. The van der Waals surface area contributed by atoms with Gasteiger partial charge in [-0.25, -0.2) is 8.42 Å². The molecule has 0 atom stereocenters. The molecule has 0 aliphatic carbocycles. The Morgan fingerprint density at radius 2 is 1.77 bits per heavy atom. The van der Waals surface area contributed by atoms with Gasteiger partial charge in [-0.15, -0.1) is 0 Å². The monoisotopic (exact) mass is 223 g/mol. The molecule has 1 aromatic rings. The summed E-state index contributed by atoms with van der Waals surface area (Å²) in [5.41, 5.74) is 0. The summed E-state index contributed by atoms with van der Waals surface area (Å²) in [6.45, 7) is 0. The Morgan fingerprint density at radius 3 is 2.15 bits per heavy atom. The zero-order valence-electron chi connectivity index (χ0n) is 6.31. The number of nitrogens with two attached hydrogens (primary N) is 1. The van der Waals surface area contributed by atoms with E-state index in [0.717, 1.165) is 0 Å². The van der Waals surface area contributed by atoms with Gasteiger partial charge in [0.1, 0.15) is 0 Å². The van der Waals surface area contributed by atoms with Crippen molar-refractivity contribution in [2.45, 2.75) is 4.90 Å². The third kappa shape index (κ3) is 2.85. The molecule has 0 aromatic heterocycles. The molecule has 13 heavy (non-hydrogen) atoms. The van der Waals surface area contributed by atoms with Crippen LogP contribution in [0.1, 0.15) is 0 Å². The van der Waals surface area contributed by atoms with Crippen molar-refractivity contribution < 1.29 is 18.3 Å². The Kier molecular flexibility index (Phi) is 3.10. The molecule has 0 saturated heterocycles. The fraction of sp³-hybridized carbons (Fsp3) is 0. The average Bonchev–Trinajstić information content (AvgIpc) is 2.04. The van der Waals surface area contributed by atoms with E-state index < -0.39 is 9.05 Å². The van der Waals surface area contributed by atoms with Crippen LogP contribution < -0.4 is 10.8 Å². The molecule has 0 heterocycles. The van der Waals surface area contributed by atoms with E-state index in [2.05, 4.69) is 15.8 Å². The van der Waals surface area contributed by atoms with Crippen molar-refractivity contribution in [2.75, 3.05) is 0 Å². The van der Waals surface area contributed by atoms with E-state index in [0.29, 0.717) is 0 Å². The number of rotatable bonds is 3. The van der Waals surface area contributed by atoms with E-state index in [1.807, 2.05) is 0 Å². The molecule has 0 bridgehead atoms. The predicted octanol–water partition coefficient (Wildman–Crippen LogP) is 0.798. The van der Waals surface area contributed by atoms with Gasteiger partial charge >= 0.3 is 0 Å². The molecule has 1 aromatic carbocycles. The first-order chi connectivity index (χ1) is 6.04. The van der Waals surface area contributed by atoms with Crippen molar-refractivity contribution >= 4 is 19.7 Å². The number of benzene rings is 1. The van der Waals surface area contributed by atoms with E-state index in [9.17, 15) is 8.42 Å². The zero-order valence-corrected chi connectivity index (χ0v) is 7.88. The van der Waals surface area contributed by atoms with Crippen LogP contribution in [0.4, 0.5) is 0 Å². The molecule has 0 spiro atoms. The van der Waals surface area contributed by atoms with Gasteiger partial charge in [-0.2, -0.15) is 5.90 Å². The Bertz CT molecular complexity index is 374. The molecule has 72 valence electrons. The van der Waals surface area contributed by atoms with Crippen LogP contribution in [0.25, 0.3) is 0 Å². The van der Waals surface area contributed by atoms with Gasteiger partial charge in [0.05, 0.1) is 4.90 Å². The van der Waals surface area contributed by atoms with E-state index in [4.69, 9.17) is 10.7 Å². The lowest BCUT2D eigenvalue weighted by Gasteiger charge is -1.99. The minimum Gasteiger partial charge on any atom is -0.320 e. The van der Waals surface area contributed by atoms with Crippen molar-refractivity contribution in [1.82, 2.24) is 0 Å². The lowest BCUT2D eigenvalue weighted by Crippen LogP contribution is -2.03. The van der Waals surface area contributed by atoms with Gasteiger partial charge < -0.3 is 4.89 Å². The van der Waals surface area contributed by atoms with Gasteiger partial charge in [-0.3, -0.25) is 0 Å². The van der Waals surface area contributed by atoms with E-state index >= 15 is 0 Å². The highest BCUT2D eigenvalue weighted by molar-refractivity contribution is 8.13. The Balaban J connectivity index is 2.94. The maximum atomic E-state index is 10.8. The van der Waals surface area contributed by atoms with Gasteiger partial charge in [0.25, 0.3) is 9.05 Å². The quantitative estimate of drug-likeness (QED) is 0.466. The third-order valence-electron chi connectivity index (χ3n) is 1.25. The molecule has 0 aliphatic heterocycles. The highest BCUT2D eigenvalue weighted by atomic mass is 35.7. The summed E-state index contributed by atoms with van der Waals surface area (Å²) in [4.78, 5) is 8.27. The second kappa shape index (κ2) is 3.93. The summed E-state index contributed by atoms with van der Waals surface area (Å²) in [5.74, 6) is 4.90. The van der Waals surface area contributed by atoms with Gasteiger partial charge in [0.2, 0.25) is 0 Å². The molecule has 5 nitrogen and oxygen atoms in total. The molecule has 2 N–H and O–H groups in total. The van der Waals surface area contributed by atoms with Crippen LogP contribution in [-0.4, -0.2) is 8.42 Å². The summed E-state index contributed by atoms with van der Waals surface area (Å²) in [6, 6.07) is 5.28. The predicted molar refractivity (Wildman–Crippen MR) is 45.4 cm³/mol. The maximum absolute atomic E-state index is 10.8. The van der Waals surface area contributed by atoms with Crippen LogP contribution in [0.2, 0.25) is 0 Å². The summed E-state index contributed by atoms with van der Waals surface area (Å²) in [7, 11) is 1.37. The fourth-order valence-corrected chi connectivity index (χ4v) is 1.48. The summed E-state index contributed by atoms with van der Waals surface area (Å²) in [5, 5.41) is 0. The molecule has 0 aliphatic rings. The molecule has 1 rings (SSSR count). The molecule has 0 radical (unpaired) electrons. The van der Waals surface area contributed by atoms with Crippen LogP contribution in [0.3, 0.4) is 0 Å². The third-order valence-corrected chi connectivity index (χ3v) is 2.62. The van der Waals surface area contributed by atoms with Gasteiger partial charge in [0, 0.05) is 10.7 Å². The lowest BCUT2D eigenvalue weighted by atomic mass is 10.3. The molecule has 0 amide bonds. The topological polar surface area (TPSA) is 78.6 Å². The zero-order chi connectivity index (χ0) is 9.90. The SMILES string of the molecule is NOOc1ccc(S(=O)(=O)Cl)cc1. The van der Waals surface area contributed by atoms with E-state index in [-0.39, 0.29) is 10.6 Å². The minimum absolute atomic E-state index is 0.0152. The highest BCUT2D eigenvalue weighted by Crippen LogP contribution is 2.18. The van der Waals surface area contributed by atoms with Crippen molar-refractivity contribution in [2.24, 2.45) is 5.90 Å². The maximum Gasteiger partial charge on any atom is 0.261 e. The van der Waals surface area contributed by atoms with Gasteiger partial charge in [0.15, 0.2) is 5.75 Å². The van der Waals surface area contributed by atoms with Crippen molar-refractivity contribution in [3.63, 3.8) is 0 Å². The molecular formula is C6H6ClNO4S. The first kappa shape index (κ1) is 10.3. The van der Waals surface area contributed by atoms with Gasteiger partial charge in [-0.1, -0.05) is 4.99 Å². The molecule has 7 heteroatoms. The average molecular weight is 224 g/mol. The Hall–Kier alpha value is -0.820. The van der Waals surface area contributed by atoms with Crippen molar-refractivity contribution in [3.05, 3.63) is 24.3 Å². The first-order valence-electron chi connectivity index (χ1n) is 3.12. The molecule has 0 fully saturated rings. The van der Waals surface area contributed by atoms with E-state index in [1.54, 1.807) is 0 Å². The second-order valence-corrected chi connectivity index (χ2v) is 4.65. The Labute approximate surface area is 79.3 Å². The summed E-state index contributed by atoms with van der Waals surface area (Å²) in [6.07, 6.45) is 0. The summed E-state index contributed by atoms with van der Waals surface area (Å²) >= 11 is 0. The van der Waals surface area contributed by atoms with Crippen molar-refractivity contribution in [3.8, 4) is 5.75 Å². The number of hydrogen-bond donors (Lipinski definition) is 1. The van der Waals surface area contributed by atoms with Crippen LogP contribution in [-0.2, 0) is 14.0 Å². The van der Waals surface area contributed by atoms with Crippen LogP contribution in [0.15, 0.2) is 29.2 Å². The number of hydrogen-bond acceptors (Lipinski definition) is 5. The molecule has 0 unspecified atom stereocenters. The highest BCUT2D eigenvalue weighted by Gasteiger charge is 2.09. The fourth-order valence-electron chi connectivity index (χ4n) is 0.713. The molecule has 0 saturated carbocycles. The van der Waals surface area contributed by atoms with Crippen LogP contribution >= 0.6 is 10.7 Å². The van der Waals surface area contributed by atoms with Crippen LogP contribution in [0.5, 0.6) is 5.75 Å². The summed E-state index contributed by atoms with van der Waals surface area (Å²) < 4.78 is 21.5. The normalized spacial score (nSPS) is 11.2. The lowest BCUT2D eigenvalue weighted by molar-refractivity contribution is -0.211. The minimum atomic E-state index is -3.69. The smallest absolute Gasteiger partial charge is 0.261 e. The standard InChI is InChI=1S/C6H6ClNO4S/c7-13(9,10)6-3-1-5(2-4-6)11-12-8/h1-4H,8H2. The van der Waals surface area contributed by atoms with Crippen molar-refractivity contribution in [1.29, 1.82) is 0 Å². The van der Waals surface area contributed by atoms with Gasteiger partial charge in [-0.05, 0) is 24.3 Å². The van der Waals surface area contributed by atoms with E-state index in [1.165, 1.54) is 24.3 Å². The second-order valence-electron chi connectivity index (χ2n) is 2.09. The Morgan fingerprint density at radius 1 is 1.23 bits per heavy atom. The number of halogens is 1. The largest absolute Gasteiger partial charge is 0.320 e. The van der Waals surface area contributed by atoms with Crippen LogP contribution in [0, 0.1) is 0 Å². The molecular weight excluding hydrogens is 218 g/mol.